The second kappa shape index (κ2) is 4.35. The van der Waals surface area contributed by atoms with Gasteiger partial charge in [0.15, 0.2) is 0 Å². The average molecular weight is 274 g/mol. The summed E-state index contributed by atoms with van der Waals surface area (Å²) in [6.45, 7) is 1.92. The largest absolute Gasteiger partial charge is 0.456 e. The minimum Gasteiger partial charge on any atom is -0.456 e. The molecule has 2 aromatic carbocycles. The second-order valence-electron chi connectivity index (χ2n) is 5.18. The van der Waals surface area contributed by atoms with Gasteiger partial charge in [0.2, 0.25) is 0 Å². The molecular weight excluding hydrogens is 260 g/mol. The highest BCUT2D eigenvalue weighted by Crippen LogP contribution is 2.32. The Morgan fingerprint density at radius 2 is 1.71 bits per heavy atom. The van der Waals surface area contributed by atoms with Gasteiger partial charge in [-0.05, 0) is 43.3 Å². The minimum atomic E-state index is 0.716. The number of hydrogen-bond donors (Lipinski definition) is 1. The first-order chi connectivity index (χ1) is 10.2. The Labute approximate surface area is 122 Å². The molecule has 2 aromatic heterocycles. The maximum atomic E-state index is 5.85. The van der Waals surface area contributed by atoms with Crippen LogP contribution in [-0.4, -0.2) is 4.98 Å². The number of furan rings is 1. The van der Waals surface area contributed by atoms with Gasteiger partial charge in [0.25, 0.3) is 0 Å². The van der Waals surface area contributed by atoms with Crippen LogP contribution in [0.1, 0.15) is 5.69 Å². The van der Waals surface area contributed by atoms with Gasteiger partial charge in [0.1, 0.15) is 11.2 Å². The summed E-state index contributed by atoms with van der Waals surface area (Å²) in [5.74, 6) is 0. The van der Waals surface area contributed by atoms with E-state index in [1.165, 1.54) is 0 Å². The van der Waals surface area contributed by atoms with E-state index < -0.39 is 0 Å². The number of nitrogens with zero attached hydrogens (tertiary/aromatic N) is 1. The van der Waals surface area contributed by atoms with E-state index in [0.717, 1.165) is 38.9 Å². The predicted octanol–water partition coefficient (Wildman–Crippen LogP) is 4.54. The lowest BCUT2D eigenvalue weighted by Gasteiger charge is -2.04. The van der Waals surface area contributed by atoms with Crippen LogP contribution in [0.5, 0.6) is 0 Å². The predicted molar refractivity (Wildman–Crippen MR) is 86.1 cm³/mol. The van der Waals surface area contributed by atoms with Crippen molar-refractivity contribution in [3.63, 3.8) is 0 Å². The number of anilines is 1. The molecule has 0 saturated heterocycles. The fourth-order valence-corrected chi connectivity index (χ4v) is 2.62. The number of nitrogens with two attached hydrogens (primary N) is 1. The number of rotatable bonds is 1. The van der Waals surface area contributed by atoms with Crippen LogP contribution in [-0.2, 0) is 0 Å². The van der Waals surface area contributed by atoms with Gasteiger partial charge in [-0.1, -0.05) is 18.2 Å². The van der Waals surface area contributed by atoms with E-state index in [9.17, 15) is 0 Å². The Morgan fingerprint density at radius 1 is 0.905 bits per heavy atom. The third-order valence-corrected chi connectivity index (χ3v) is 3.80. The molecule has 0 fully saturated rings. The molecule has 0 unspecified atom stereocenters. The highest BCUT2D eigenvalue weighted by molar-refractivity contribution is 6.06. The van der Waals surface area contributed by atoms with Crippen LogP contribution in [0.15, 0.2) is 59.0 Å². The molecule has 0 radical (unpaired) electrons. The van der Waals surface area contributed by atoms with Crippen LogP contribution in [0.3, 0.4) is 0 Å². The van der Waals surface area contributed by atoms with Gasteiger partial charge in [0.05, 0.1) is 17.1 Å². The maximum Gasteiger partial charge on any atom is 0.135 e. The Morgan fingerprint density at radius 3 is 2.57 bits per heavy atom. The van der Waals surface area contributed by atoms with Crippen LogP contribution in [0.4, 0.5) is 5.69 Å². The molecule has 0 aliphatic carbocycles. The van der Waals surface area contributed by atoms with Crippen molar-refractivity contribution in [1.82, 2.24) is 4.98 Å². The Hall–Kier alpha value is -2.81. The van der Waals surface area contributed by atoms with E-state index in [-0.39, 0.29) is 0 Å². The second-order valence-corrected chi connectivity index (χ2v) is 5.18. The molecule has 2 heterocycles. The zero-order valence-corrected chi connectivity index (χ0v) is 11.6. The summed E-state index contributed by atoms with van der Waals surface area (Å²) in [4.78, 5) is 4.56. The number of nitrogen functional groups attached to an aromatic ring is 1. The van der Waals surface area contributed by atoms with Gasteiger partial charge in [-0.25, -0.2) is 0 Å². The number of fused-ring (bicyclic) bond motifs is 3. The van der Waals surface area contributed by atoms with Gasteiger partial charge in [-0.3, -0.25) is 4.98 Å². The monoisotopic (exact) mass is 274 g/mol. The molecule has 4 rings (SSSR count). The molecule has 0 atom stereocenters. The molecule has 0 aliphatic heterocycles. The van der Waals surface area contributed by atoms with Crippen molar-refractivity contribution >= 4 is 27.6 Å². The number of aromatic nitrogens is 1. The van der Waals surface area contributed by atoms with Crippen LogP contribution in [0.2, 0.25) is 0 Å². The number of aryl methyl sites for hydroxylation is 1. The Balaban J connectivity index is 1.97. The summed E-state index contributed by atoms with van der Waals surface area (Å²) in [5, 5.41) is 2.24. The van der Waals surface area contributed by atoms with Gasteiger partial charge in [0, 0.05) is 16.3 Å². The van der Waals surface area contributed by atoms with Crippen molar-refractivity contribution < 1.29 is 4.42 Å². The smallest absolute Gasteiger partial charge is 0.135 e. The van der Waals surface area contributed by atoms with Gasteiger partial charge in [-0.15, -0.1) is 0 Å². The SMILES string of the molecule is Cc1nc(-c2ccc3oc4ccccc4c3c2)ccc1N. The molecule has 0 aliphatic rings. The van der Waals surface area contributed by atoms with Gasteiger partial charge in [-0.2, -0.15) is 0 Å². The van der Waals surface area contributed by atoms with Crippen molar-refractivity contribution in [2.75, 3.05) is 5.73 Å². The van der Waals surface area contributed by atoms with E-state index in [1.807, 2.05) is 49.4 Å². The quantitative estimate of drug-likeness (QED) is 0.554. The van der Waals surface area contributed by atoms with Crippen molar-refractivity contribution in [3.05, 3.63) is 60.3 Å². The lowest BCUT2D eigenvalue weighted by molar-refractivity contribution is 0.669. The summed E-state index contributed by atoms with van der Waals surface area (Å²) in [7, 11) is 0. The number of hydrogen-bond acceptors (Lipinski definition) is 3. The Kier molecular flexibility index (Phi) is 2.48. The van der Waals surface area contributed by atoms with Crippen LogP contribution < -0.4 is 5.73 Å². The average Bonchev–Trinajstić information content (AvgIpc) is 2.88. The van der Waals surface area contributed by atoms with E-state index in [2.05, 4.69) is 17.1 Å². The standard InChI is InChI=1S/C18H14N2O/c1-11-15(19)7-8-16(20-11)12-6-9-18-14(10-12)13-4-2-3-5-17(13)21-18/h2-10H,19H2,1H3. The summed E-state index contributed by atoms with van der Waals surface area (Å²) in [6, 6.07) is 18.1. The van der Waals surface area contributed by atoms with Crippen molar-refractivity contribution in [2.45, 2.75) is 6.92 Å². The van der Waals surface area contributed by atoms with Crippen molar-refractivity contribution in [1.29, 1.82) is 0 Å². The molecule has 0 saturated carbocycles. The van der Waals surface area contributed by atoms with E-state index in [1.54, 1.807) is 0 Å². The summed E-state index contributed by atoms with van der Waals surface area (Å²) in [5.41, 5.74) is 11.2. The van der Waals surface area contributed by atoms with Crippen molar-refractivity contribution in [3.8, 4) is 11.3 Å². The third-order valence-electron chi connectivity index (χ3n) is 3.80. The summed E-state index contributed by atoms with van der Waals surface area (Å²) >= 11 is 0. The lowest BCUT2D eigenvalue weighted by atomic mass is 10.1. The highest BCUT2D eigenvalue weighted by atomic mass is 16.3. The van der Waals surface area contributed by atoms with Gasteiger partial charge >= 0.3 is 0 Å². The summed E-state index contributed by atoms with van der Waals surface area (Å²) in [6.07, 6.45) is 0. The van der Waals surface area contributed by atoms with Gasteiger partial charge < -0.3 is 10.2 Å². The molecule has 2 N–H and O–H groups in total. The number of para-hydroxylation sites is 1. The van der Waals surface area contributed by atoms with Crippen LogP contribution in [0.25, 0.3) is 33.2 Å². The van der Waals surface area contributed by atoms with E-state index in [4.69, 9.17) is 10.2 Å². The summed E-state index contributed by atoms with van der Waals surface area (Å²) < 4.78 is 5.85. The van der Waals surface area contributed by atoms with Crippen LogP contribution >= 0.6 is 0 Å². The molecule has 21 heavy (non-hydrogen) atoms. The zero-order valence-electron chi connectivity index (χ0n) is 11.6. The molecule has 4 aromatic rings. The Bertz CT molecular complexity index is 969. The molecule has 0 amide bonds. The van der Waals surface area contributed by atoms with E-state index in [0.29, 0.717) is 5.69 Å². The number of benzene rings is 2. The highest BCUT2D eigenvalue weighted by Gasteiger charge is 2.09. The normalized spacial score (nSPS) is 11.3. The third kappa shape index (κ3) is 1.86. The molecular formula is C18H14N2O. The minimum absolute atomic E-state index is 0.716. The maximum absolute atomic E-state index is 5.85. The number of pyridine rings is 1. The fourth-order valence-electron chi connectivity index (χ4n) is 2.62. The topological polar surface area (TPSA) is 52.0 Å². The van der Waals surface area contributed by atoms with Crippen molar-refractivity contribution in [2.24, 2.45) is 0 Å². The zero-order chi connectivity index (χ0) is 14.4. The lowest BCUT2D eigenvalue weighted by Crippen LogP contribution is -1.94. The van der Waals surface area contributed by atoms with Crippen LogP contribution in [0, 0.1) is 6.92 Å². The van der Waals surface area contributed by atoms with E-state index >= 15 is 0 Å². The first-order valence-electron chi connectivity index (χ1n) is 6.87. The first-order valence-corrected chi connectivity index (χ1v) is 6.87. The molecule has 3 heteroatoms. The molecule has 3 nitrogen and oxygen atoms in total. The fraction of sp³-hybridized carbons (Fsp3) is 0.0556. The first kappa shape index (κ1) is 12.0. The molecule has 0 spiro atoms. The molecule has 102 valence electrons. The molecule has 0 bridgehead atoms.